The van der Waals surface area contributed by atoms with Gasteiger partial charge in [0.15, 0.2) is 0 Å². The second-order valence-corrected chi connectivity index (χ2v) is 3.92. The topological polar surface area (TPSA) is 39.2 Å². The Balaban J connectivity index is 2.62. The molecule has 0 N–H and O–H groups in total. The quantitative estimate of drug-likeness (QED) is 0.608. The Morgan fingerprint density at radius 3 is 3.13 bits per heavy atom. The van der Waals surface area contributed by atoms with Crippen LogP contribution in [0.4, 0.5) is 4.39 Å². The van der Waals surface area contributed by atoms with E-state index in [1.807, 2.05) is 0 Å². The SMILES string of the molecule is CCOC(=O)C(F)Sc1ncccc1Cl. The monoisotopic (exact) mass is 249 g/mol. The van der Waals surface area contributed by atoms with Gasteiger partial charge in [0, 0.05) is 6.20 Å². The maximum atomic E-state index is 13.2. The number of esters is 1. The van der Waals surface area contributed by atoms with E-state index in [1.54, 1.807) is 19.1 Å². The van der Waals surface area contributed by atoms with Gasteiger partial charge in [-0.3, -0.25) is 0 Å². The number of hydrogen-bond donors (Lipinski definition) is 0. The molecule has 0 fully saturated rings. The van der Waals surface area contributed by atoms with Crippen LogP contribution in [-0.4, -0.2) is 23.1 Å². The Hall–Kier alpha value is -0.810. The summed E-state index contributed by atoms with van der Waals surface area (Å²) in [6.45, 7) is 1.76. The number of thioether (sulfide) groups is 1. The van der Waals surface area contributed by atoms with Crippen molar-refractivity contribution in [2.45, 2.75) is 17.5 Å². The summed E-state index contributed by atoms with van der Waals surface area (Å²) >= 11 is 6.38. The minimum atomic E-state index is -1.79. The molecule has 82 valence electrons. The molecule has 0 aliphatic rings. The van der Waals surface area contributed by atoms with E-state index in [9.17, 15) is 9.18 Å². The molecule has 15 heavy (non-hydrogen) atoms. The molecule has 0 aromatic carbocycles. The molecule has 1 aromatic heterocycles. The molecule has 0 aliphatic carbocycles. The van der Waals surface area contributed by atoms with E-state index in [1.165, 1.54) is 6.20 Å². The molecule has 1 aromatic rings. The third-order valence-corrected chi connectivity index (χ3v) is 2.78. The number of alkyl halides is 1. The highest BCUT2D eigenvalue weighted by Crippen LogP contribution is 2.29. The Morgan fingerprint density at radius 1 is 1.80 bits per heavy atom. The molecule has 0 aliphatic heterocycles. The summed E-state index contributed by atoms with van der Waals surface area (Å²) in [4.78, 5) is 14.8. The maximum absolute atomic E-state index is 13.2. The van der Waals surface area contributed by atoms with E-state index < -0.39 is 11.5 Å². The van der Waals surface area contributed by atoms with Gasteiger partial charge in [0.05, 0.1) is 11.6 Å². The zero-order valence-corrected chi connectivity index (χ0v) is 9.52. The summed E-state index contributed by atoms with van der Waals surface area (Å²) in [6.07, 6.45) is 1.48. The summed E-state index contributed by atoms with van der Waals surface area (Å²) in [5.41, 5.74) is -1.79. The number of carbonyl (C=O) groups is 1. The number of aromatic nitrogens is 1. The molecule has 0 radical (unpaired) electrons. The number of nitrogens with zero attached hydrogens (tertiary/aromatic N) is 1. The molecule has 1 rings (SSSR count). The number of hydrogen-bond acceptors (Lipinski definition) is 4. The third kappa shape index (κ3) is 3.68. The highest BCUT2D eigenvalue weighted by molar-refractivity contribution is 8.00. The molecular weight excluding hydrogens is 241 g/mol. The second-order valence-electron chi connectivity index (χ2n) is 2.48. The van der Waals surface area contributed by atoms with Gasteiger partial charge in [0.1, 0.15) is 5.03 Å². The normalized spacial score (nSPS) is 12.2. The van der Waals surface area contributed by atoms with Crippen LogP contribution in [-0.2, 0) is 9.53 Å². The standard InChI is InChI=1S/C9H9ClFNO2S/c1-2-14-9(13)7(11)15-8-6(10)4-3-5-12-8/h3-5,7H,2H2,1H3. The van der Waals surface area contributed by atoms with Crippen molar-refractivity contribution in [2.75, 3.05) is 6.61 Å². The number of ether oxygens (including phenoxy) is 1. The lowest BCUT2D eigenvalue weighted by Gasteiger charge is -2.07. The van der Waals surface area contributed by atoms with Crippen LogP contribution in [0.2, 0.25) is 5.02 Å². The van der Waals surface area contributed by atoms with Crippen LogP contribution >= 0.6 is 23.4 Å². The first-order chi connectivity index (χ1) is 7.15. The predicted octanol–water partition coefficient (Wildman–Crippen LogP) is 2.69. The fourth-order valence-corrected chi connectivity index (χ4v) is 1.73. The van der Waals surface area contributed by atoms with Crippen molar-refractivity contribution in [3.05, 3.63) is 23.4 Å². The van der Waals surface area contributed by atoms with Gasteiger partial charge in [0.2, 0.25) is 5.50 Å². The predicted molar refractivity (Wildman–Crippen MR) is 56.6 cm³/mol. The number of halogens is 2. The lowest BCUT2D eigenvalue weighted by atomic mass is 10.5. The fraction of sp³-hybridized carbons (Fsp3) is 0.333. The third-order valence-electron chi connectivity index (χ3n) is 1.41. The summed E-state index contributed by atoms with van der Waals surface area (Å²) < 4.78 is 17.7. The Kier molecular flexibility index (Phi) is 4.84. The van der Waals surface area contributed by atoms with Gasteiger partial charge in [-0.2, -0.15) is 0 Å². The molecule has 1 atom stereocenters. The van der Waals surface area contributed by atoms with Crippen molar-refractivity contribution >= 4 is 29.3 Å². The van der Waals surface area contributed by atoms with E-state index in [0.29, 0.717) is 16.8 Å². The van der Waals surface area contributed by atoms with Crippen LogP contribution in [0.3, 0.4) is 0 Å². The first-order valence-electron chi connectivity index (χ1n) is 4.23. The van der Waals surface area contributed by atoms with Crippen molar-refractivity contribution in [3.63, 3.8) is 0 Å². The fourth-order valence-electron chi connectivity index (χ4n) is 0.812. The molecule has 0 amide bonds. The van der Waals surface area contributed by atoms with Gasteiger partial charge in [-0.1, -0.05) is 23.4 Å². The Labute approximate surface area is 96.0 Å². The first-order valence-corrected chi connectivity index (χ1v) is 5.48. The first kappa shape index (κ1) is 12.3. The lowest BCUT2D eigenvalue weighted by Crippen LogP contribution is -2.15. The van der Waals surface area contributed by atoms with E-state index in [2.05, 4.69) is 9.72 Å². The van der Waals surface area contributed by atoms with Crippen LogP contribution in [0.15, 0.2) is 23.4 Å². The summed E-state index contributed by atoms with van der Waals surface area (Å²) in [5.74, 6) is -0.913. The molecule has 0 saturated heterocycles. The summed E-state index contributed by atoms with van der Waals surface area (Å²) in [6, 6.07) is 3.21. The van der Waals surface area contributed by atoms with Gasteiger partial charge in [-0.15, -0.1) is 0 Å². The minimum Gasteiger partial charge on any atom is -0.463 e. The molecule has 0 saturated carbocycles. The summed E-state index contributed by atoms with van der Waals surface area (Å²) in [5, 5.41) is 0.592. The van der Waals surface area contributed by atoms with Gasteiger partial charge >= 0.3 is 5.97 Å². The number of pyridine rings is 1. The molecule has 3 nitrogen and oxygen atoms in total. The molecule has 1 heterocycles. The van der Waals surface area contributed by atoms with Gasteiger partial charge in [-0.05, 0) is 19.1 Å². The van der Waals surface area contributed by atoms with Crippen molar-refractivity contribution in [1.82, 2.24) is 4.98 Å². The van der Waals surface area contributed by atoms with Crippen LogP contribution in [0.5, 0.6) is 0 Å². The van der Waals surface area contributed by atoms with E-state index in [-0.39, 0.29) is 11.6 Å². The zero-order valence-electron chi connectivity index (χ0n) is 7.94. The van der Waals surface area contributed by atoms with Gasteiger partial charge in [-0.25, -0.2) is 14.2 Å². The van der Waals surface area contributed by atoms with Crippen molar-refractivity contribution in [2.24, 2.45) is 0 Å². The van der Waals surface area contributed by atoms with E-state index in [0.717, 1.165) is 0 Å². The minimum absolute atomic E-state index is 0.149. The van der Waals surface area contributed by atoms with Crippen LogP contribution in [0.25, 0.3) is 0 Å². The molecular formula is C9H9ClFNO2S. The van der Waals surface area contributed by atoms with E-state index in [4.69, 9.17) is 11.6 Å². The molecule has 6 heteroatoms. The van der Waals surface area contributed by atoms with Crippen molar-refractivity contribution in [1.29, 1.82) is 0 Å². The molecule has 1 unspecified atom stereocenters. The highest BCUT2D eigenvalue weighted by Gasteiger charge is 2.21. The average molecular weight is 250 g/mol. The van der Waals surface area contributed by atoms with Crippen LogP contribution in [0, 0.1) is 0 Å². The van der Waals surface area contributed by atoms with Crippen molar-refractivity contribution < 1.29 is 13.9 Å². The maximum Gasteiger partial charge on any atom is 0.351 e. The zero-order chi connectivity index (χ0) is 11.3. The van der Waals surface area contributed by atoms with Gasteiger partial charge < -0.3 is 4.74 Å². The molecule has 0 bridgehead atoms. The lowest BCUT2D eigenvalue weighted by molar-refractivity contribution is -0.145. The van der Waals surface area contributed by atoms with E-state index >= 15 is 0 Å². The van der Waals surface area contributed by atoms with Crippen LogP contribution < -0.4 is 0 Å². The highest BCUT2D eigenvalue weighted by atomic mass is 35.5. The second kappa shape index (κ2) is 5.92. The Morgan fingerprint density at radius 2 is 2.53 bits per heavy atom. The largest absolute Gasteiger partial charge is 0.463 e. The summed E-state index contributed by atoms with van der Waals surface area (Å²) in [7, 11) is 0. The Bertz CT molecular complexity index is 351. The average Bonchev–Trinajstić information content (AvgIpc) is 2.21. The van der Waals surface area contributed by atoms with Crippen molar-refractivity contribution in [3.8, 4) is 0 Å². The van der Waals surface area contributed by atoms with Gasteiger partial charge in [0.25, 0.3) is 0 Å². The van der Waals surface area contributed by atoms with Crippen LogP contribution in [0.1, 0.15) is 6.92 Å². The smallest absolute Gasteiger partial charge is 0.351 e. The molecule has 0 spiro atoms. The number of carbonyl (C=O) groups excluding carboxylic acids is 1. The number of rotatable bonds is 4.